The SMILES string of the molecule is CCN1CCC2(CC1)OC[C@@H](C(=O)O)N2C(=O)c1ccc(Cl)cc1Cl. The molecule has 25 heavy (non-hydrogen) atoms. The third-order valence-electron chi connectivity index (χ3n) is 5.01. The molecule has 8 heteroatoms. The minimum Gasteiger partial charge on any atom is -0.480 e. The van der Waals surface area contributed by atoms with Crippen LogP contribution < -0.4 is 0 Å². The molecule has 1 atom stereocenters. The van der Waals surface area contributed by atoms with Gasteiger partial charge in [0.25, 0.3) is 5.91 Å². The molecule has 1 aromatic rings. The summed E-state index contributed by atoms with van der Waals surface area (Å²) in [5.41, 5.74) is -0.658. The van der Waals surface area contributed by atoms with E-state index < -0.39 is 23.6 Å². The van der Waals surface area contributed by atoms with Gasteiger partial charge in [-0.05, 0) is 24.7 Å². The van der Waals surface area contributed by atoms with Gasteiger partial charge in [-0.15, -0.1) is 0 Å². The number of aliphatic carboxylic acids is 1. The van der Waals surface area contributed by atoms with Crippen LogP contribution in [0.2, 0.25) is 10.0 Å². The Labute approximate surface area is 156 Å². The van der Waals surface area contributed by atoms with Gasteiger partial charge in [-0.2, -0.15) is 0 Å². The van der Waals surface area contributed by atoms with Crippen LogP contribution in [-0.4, -0.2) is 64.8 Å². The summed E-state index contributed by atoms with van der Waals surface area (Å²) in [6, 6.07) is 3.56. The first-order valence-electron chi connectivity index (χ1n) is 8.26. The summed E-state index contributed by atoms with van der Waals surface area (Å²) in [5, 5.41) is 10.2. The number of carbonyl (C=O) groups excluding carboxylic acids is 1. The maximum absolute atomic E-state index is 13.2. The molecule has 136 valence electrons. The molecule has 0 unspecified atom stereocenters. The van der Waals surface area contributed by atoms with Crippen LogP contribution in [0.1, 0.15) is 30.1 Å². The summed E-state index contributed by atoms with van der Waals surface area (Å²) in [6.07, 6.45) is 1.14. The lowest BCUT2D eigenvalue weighted by molar-refractivity contribution is -0.143. The molecule has 3 rings (SSSR count). The zero-order valence-corrected chi connectivity index (χ0v) is 15.4. The molecule has 2 aliphatic heterocycles. The Kier molecular flexibility index (Phi) is 5.25. The lowest BCUT2D eigenvalue weighted by Crippen LogP contribution is -2.58. The van der Waals surface area contributed by atoms with E-state index in [0.29, 0.717) is 17.9 Å². The fraction of sp³-hybridized carbons (Fsp3) is 0.529. The van der Waals surface area contributed by atoms with Gasteiger partial charge in [0.1, 0.15) is 5.72 Å². The van der Waals surface area contributed by atoms with Crippen LogP contribution >= 0.6 is 23.2 Å². The number of rotatable bonds is 3. The number of benzene rings is 1. The Morgan fingerprint density at radius 2 is 2.00 bits per heavy atom. The first kappa shape index (κ1) is 18.5. The zero-order valence-electron chi connectivity index (χ0n) is 13.9. The normalized spacial score (nSPS) is 23.2. The number of nitrogens with zero attached hydrogens (tertiary/aromatic N) is 2. The standard InChI is InChI=1S/C17H20Cl2N2O4/c1-2-20-7-5-17(6-8-20)21(14(10-25-17)16(23)24)15(22)12-4-3-11(18)9-13(12)19/h3-4,9,14H,2,5-8,10H2,1H3,(H,23,24)/t14-/m0/s1. The van der Waals surface area contributed by atoms with Crippen LogP contribution in [0, 0.1) is 0 Å². The monoisotopic (exact) mass is 386 g/mol. The Bertz CT molecular complexity index is 689. The topological polar surface area (TPSA) is 70.1 Å². The number of piperidine rings is 1. The molecule has 0 aliphatic carbocycles. The van der Waals surface area contributed by atoms with E-state index in [2.05, 4.69) is 11.8 Å². The number of ether oxygens (including phenoxy) is 1. The number of carboxylic acids is 1. The van der Waals surface area contributed by atoms with Crippen LogP contribution in [0.25, 0.3) is 0 Å². The molecule has 1 N–H and O–H groups in total. The zero-order chi connectivity index (χ0) is 18.2. The van der Waals surface area contributed by atoms with Gasteiger partial charge in [-0.3, -0.25) is 9.69 Å². The van der Waals surface area contributed by atoms with Gasteiger partial charge in [0.15, 0.2) is 6.04 Å². The van der Waals surface area contributed by atoms with Crippen molar-refractivity contribution in [3.05, 3.63) is 33.8 Å². The van der Waals surface area contributed by atoms with Gasteiger partial charge in [0.05, 0.1) is 17.2 Å². The molecular weight excluding hydrogens is 367 g/mol. The van der Waals surface area contributed by atoms with Crippen LogP contribution in [0.4, 0.5) is 0 Å². The highest BCUT2D eigenvalue weighted by atomic mass is 35.5. The highest BCUT2D eigenvalue weighted by Crippen LogP contribution is 2.39. The molecule has 1 aromatic carbocycles. The molecule has 2 aliphatic rings. The summed E-state index contributed by atoms with van der Waals surface area (Å²) in [5.74, 6) is -1.51. The summed E-state index contributed by atoms with van der Waals surface area (Å²) >= 11 is 12.1. The largest absolute Gasteiger partial charge is 0.480 e. The highest BCUT2D eigenvalue weighted by molar-refractivity contribution is 6.36. The first-order valence-corrected chi connectivity index (χ1v) is 9.01. The van der Waals surface area contributed by atoms with Crippen molar-refractivity contribution in [2.75, 3.05) is 26.2 Å². The molecule has 0 aromatic heterocycles. The van der Waals surface area contributed by atoms with E-state index in [1.807, 2.05) is 0 Å². The second-order valence-electron chi connectivity index (χ2n) is 6.34. The van der Waals surface area contributed by atoms with E-state index in [0.717, 1.165) is 19.6 Å². The van der Waals surface area contributed by atoms with Gasteiger partial charge in [-0.25, -0.2) is 4.79 Å². The van der Waals surface area contributed by atoms with Crippen molar-refractivity contribution in [1.82, 2.24) is 9.80 Å². The number of carboxylic acid groups (broad SMARTS) is 1. The van der Waals surface area contributed by atoms with Crippen molar-refractivity contribution < 1.29 is 19.4 Å². The first-order chi connectivity index (χ1) is 11.9. The van der Waals surface area contributed by atoms with Crippen LogP contribution in [-0.2, 0) is 9.53 Å². The van der Waals surface area contributed by atoms with Crippen LogP contribution in [0.15, 0.2) is 18.2 Å². The van der Waals surface area contributed by atoms with Crippen LogP contribution in [0.5, 0.6) is 0 Å². The summed E-state index contributed by atoms with van der Waals surface area (Å²) < 4.78 is 5.90. The predicted octanol–water partition coefficient (Wildman–Crippen LogP) is 2.73. The Morgan fingerprint density at radius 3 is 2.56 bits per heavy atom. The van der Waals surface area contributed by atoms with Gasteiger partial charge < -0.3 is 14.7 Å². The van der Waals surface area contributed by atoms with Gasteiger partial charge >= 0.3 is 5.97 Å². The molecular formula is C17H20Cl2N2O4. The molecule has 1 amide bonds. The van der Waals surface area contributed by atoms with Gasteiger partial charge in [0.2, 0.25) is 0 Å². The molecule has 0 bridgehead atoms. The lowest BCUT2D eigenvalue weighted by atomic mass is 9.96. The molecule has 1 spiro atoms. The number of halogens is 2. The van der Waals surface area contributed by atoms with E-state index >= 15 is 0 Å². The van der Waals surface area contributed by atoms with Crippen molar-refractivity contribution in [3.8, 4) is 0 Å². The van der Waals surface area contributed by atoms with Crippen molar-refractivity contribution >= 4 is 35.1 Å². The minimum atomic E-state index is -1.08. The van der Waals surface area contributed by atoms with E-state index in [1.54, 1.807) is 6.07 Å². The lowest BCUT2D eigenvalue weighted by Gasteiger charge is -2.44. The average molecular weight is 387 g/mol. The van der Waals surface area contributed by atoms with Gasteiger partial charge in [0, 0.05) is 31.0 Å². The van der Waals surface area contributed by atoms with Crippen LogP contribution in [0.3, 0.4) is 0 Å². The maximum atomic E-state index is 13.2. The second-order valence-corrected chi connectivity index (χ2v) is 7.19. The van der Waals surface area contributed by atoms with Crippen molar-refractivity contribution in [1.29, 1.82) is 0 Å². The summed E-state index contributed by atoms with van der Waals surface area (Å²) in [7, 11) is 0. The number of carbonyl (C=O) groups is 2. The number of hydrogen-bond donors (Lipinski definition) is 1. The molecule has 0 saturated carbocycles. The maximum Gasteiger partial charge on any atom is 0.328 e. The number of likely N-dealkylation sites (tertiary alicyclic amines) is 1. The summed E-state index contributed by atoms with van der Waals surface area (Å²) in [6.45, 7) is 4.47. The molecule has 6 nitrogen and oxygen atoms in total. The fourth-order valence-electron chi connectivity index (χ4n) is 3.57. The quantitative estimate of drug-likeness (QED) is 0.864. The molecule has 2 saturated heterocycles. The van der Waals surface area contributed by atoms with Crippen molar-refractivity contribution in [3.63, 3.8) is 0 Å². The Hall–Kier alpha value is -1.34. The second kappa shape index (κ2) is 7.11. The van der Waals surface area contributed by atoms with E-state index in [-0.39, 0.29) is 17.2 Å². The number of hydrogen-bond acceptors (Lipinski definition) is 4. The summed E-state index contributed by atoms with van der Waals surface area (Å²) in [4.78, 5) is 28.5. The van der Waals surface area contributed by atoms with E-state index in [4.69, 9.17) is 27.9 Å². The average Bonchev–Trinajstić information content (AvgIpc) is 2.94. The minimum absolute atomic E-state index is 0.0155. The Morgan fingerprint density at radius 1 is 1.32 bits per heavy atom. The molecule has 2 fully saturated rings. The highest BCUT2D eigenvalue weighted by Gasteiger charge is 2.54. The van der Waals surface area contributed by atoms with Gasteiger partial charge in [-0.1, -0.05) is 30.1 Å². The third kappa shape index (κ3) is 3.36. The smallest absolute Gasteiger partial charge is 0.328 e. The number of amides is 1. The molecule has 2 heterocycles. The van der Waals surface area contributed by atoms with E-state index in [1.165, 1.54) is 17.0 Å². The van der Waals surface area contributed by atoms with E-state index in [9.17, 15) is 14.7 Å². The Balaban J connectivity index is 1.95. The van der Waals surface area contributed by atoms with Crippen molar-refractivity contribution in [2.45, 2.75) is 31.5 Å². The fourth-order valence-corrected chi connectivity index (χ4v) is 4.06. The molecule has 0 radical (unpaired) electrons. The third-order valence-corrected chi connectivity index (χ3v) is 5.56. The predicted molar refractivity (Wildman–Crippen MR) is 94.1 cm³/mol. The van der Waals surface area contributed by atoms with Crippen molar-refractivity contribution in [2.24, 2.45) is 0 Å².